The number of hydrogen-bond acceptors (Lipinski definition) is 2. The van der Waals surface area contributed by atoms with Crippen LogP contribution in [0.5, 0.6) is 0 Å². The van der Waals surface area contributed by atoms with E-state index >= 15 is 0 Å². The van der Waals surface area contributed by atoms with Crippen molar-refractivity contribution in [2.45, 2.75) is 19.7 Å². The molecule has 6 heteroatoms. The number of aliphatic hydroxyl groups excluding tert-OH is 1. The fraction of sp³-hybridized carbons (Fsp3) is 0.214. The van der Waals surface area contributed by atoms with Crippen molar-refractivity contribution < 1.29 is 13.9 Å². The third kappa shape index (κ3) is 2.08. The van der Waals surface area contributed by atoms with E-state index in [1.54, 1.807) is 0 Å². The van der Waals surface area contributed by atoms with Gasteiger partial charge in [-0.3, -0.25) is 4.57 Å². The second-order valence-corrected chi connectivity index (χ2v) is 4.49. The molecule has 0 aliphatic carbocycles. The molecule has 2 heterocycles. The molecule has 0 aliphatic rings. The molecular weight excluding hydrogens is 264 g/mol. The van der Waals surface area contributed by atoms with Crippen molar-refractivity contribution in [3.05, 3.63) is 54.2 Å². The van der Waals surface area contributed by atoms with Gasteiger partial charge in [0.1, 0.15) is 5.82 Å². The van der Waals surface area contributed by atoms with Crippen LogP contribution in [0.25, 0.3) is 10.9 Å². The molecule has 1 aromatic carbocycles. The number of imidazole rings is 1. The molecule has 104 valence electrons. The summed E-state index contributed by atoms with van der Waals surface area (Å²) in [4.78, 5) is 3.97. The molecule has 0 spiro atoms. The Morgan fingerprint density at radius 1 is 1.20 bits per heavy atom. The highest BCUT2D eigenvalue weighted by atomic mass is 19.3. The molecule has 3 aromatic rings. The summed E-state index contributed by atoms with van der Waals surface area (Å²) in [6, 6.07) is 7.49. The smallest absolute Gasteiger partial charge is 0.319 e. The van der Waals surface area contributed by atoms with Gasteiger partial charge >= 0.3 is 6.55 Å². The number of aliphatic hydroxyl groups is 1. The van der Waals surface area contributed by atoms with Gasteiger partial charge in [-0.1, -0.05) is 18.2 Å². The molecule has 0 aliphatic heterocycles. The number of fused-ring (bicyclic) bond motifs is 1. The molecule has 0 atom stereocenters. The van der Waals surface area contributed by atoms with E-state index in [2.05, 4.69) is 4.98 Å². The molecule has 0 radical (unpaired) electrons. The van der Waals surface area contributed by atoms with Crippen LogP contribution in [0.1, 0.15) is 17.9 Å². The van der Waals surface area contributed by atoms with E-state index in [9.17, 15) is 13.9 Å². The van der Waals surface area contributed by atoms with Crippen LogP contribution in [0.3, 0.4) is 0 Å². The lowest BCUT2D eigenvalue weighted by molar-refractivity contribution is 0.0667. The lowest BCUT2D eigenvalue weighted by Gasteiger charge is -2.10. The first kappa shape index (κ1) is 12.8. The minimum atomic E-state index is -2.60. The number of hydrogen-bond donors (Lipinski definition) is 1. The van der Waals surface area contributed by atoms with Gasteiger partial charge in [0.25, 0.3) is 0 Å². The van der Waals surface area contributed by atoms with E-state index in [0.717, 1.165) is 21.0 Å². The zero-order valence-electron chi connectivity index (χ0n) is 10.6. The summed E-state index contributed by atoms with van der Waals surface area (Å²) in [6.07, 6.45) is 4.44. The van der Waals surface area contributed by atoms with Crippen molar-refractivity contribution in [2.75, 3.05) is 0 Å². The molecule has 1 N–H and O–H groups in total. The molecule has 0 bridgehead atoms. The summed E-state index contributed by atoms with van der Waals surface area (Å²) in [6.45, 7) is -2.46. The first-order valence-electron chi connectivity index (χ1n) is 6.18. The van der Waals surface area contributed by atoms with Gasteiger partial charge in [-0.2, -0.15) is 8.78 Å². The summed E-state index contributed by atoms with van der Waals surface area (Å²) in [5.74, 6) is 0.283. The third-order valence-corrected chi connectivity index (χ3v) is 3.31. The molecule has 0 saturated carbocycles. The van der Waals surface area contributed by atoms with Gasteiger partial charge in [0.05, 0.1) is 18.7 Å². The lowest BCUT2D eigenvalue weighted by Crippen LogP contribution is -2.09. The second-order valence-electron chi connectivity index (χ2n) is 4.49. The molecular formula is C14H13F2N3O. The Morgan fingerprint density at radius 3 is 2.80 bits per heavy atom. The molecule has 20 heavy (non-hydrogen) atoms. The van der Waals surface area contributed by atoms with Gasteiger partial charge in [0.15, 0.2) is 0 Å². The van der Waals surface area contributed by atoms with Crippen molar-refractivity contribution >= 4 is 10.9 Å². The van der Waals surface area contributed by atoms with Gasteiger partial charge in [-0.05, 0) is 11.5 Å². The zero-order chi connectivity index (χ0) is 14.1. The standard InChI is InChI=1S/C14H13F2N3O/c15-14(16)19-7-5-17-12(19)8-18-6-4-10-2-1-3-11(9-20)13(10)18/h1-7,14,20H,8-9H2. The van der Waals surface area contributed by atoms with E-state index in [1.165, 1.54) is 12.4 Å². The number of alkyl halides is 2. The Kier molecular flexibility index (Phi) is 3.23. The average Bonchev–Trinajstić information content (AvgIpc) is 3.06. The summed E-state index contributed by atoms with van der Waals surface area (Å²) in [5, 5.41) is 10.4. The SMILES string of the molecule is OCc1cccc2ccn(Cc3nccn3C(F)F)c12. The zero-order valence-corrected chi connectivity index (χ0v) is 10.6. The minimum Gasteiger partial charge on any atom is -0.392 e. The molecule has 0 unspecified atom stereocenters. The quantitative estimate of drug-likeness (QED) is 0.797. The number of para-hydroxylation sites is 1. The van der Waals surface area contributed by atoms with Gasteiger partial charge in [-0.15, -0.1) is 0 Å². The maximum Gasteiger partial charge on any atom is 0.319 e. The van der Waals surface area contributed by atoms with Crippen LogP contribution in [0.15, 0.2) is 42.9 Å². The molecule has 3 rings (SSSR count). The van der Waals surface area contributed by atoms with E-state index in [-0.39, 0.29) is 19.0 Å². The fourth-order valence-electron chi connectivity index (χ4n) is 2.40. The summed E-state index contributed by atoms with van der Waals surface area (Å²) in [7, 11) is 0. The van der Waals surface area contributed by atoms with Crippen molar-refractivity contribution in [1.29, 1.82) is 0 Å². The Balaban J connectivity index is 2.05. The van der Waals surface area contributed by atoms with Crippen LogP contribution in [0, 0.1) is 0 Å². The Morgan fingerprint density at radius 2 is 2.05 bits per heavy atom. The van der Waals surface area contributed by atoms with Crippen molar-refractivity contribution in [3.8, 4) is 0 Å². The van der Waals surface area contributed by atoms with Crippen LogP contribution >= 0.6 is 0 Å². The highest BCUT2D eigenvalue weighted by Gasteiger charge is 2.13. The Bertz CT molecular complexity index is 733. The number of benzene rings is 1. The van der Waals surface area contributed by atoms with E-state index < -0.39 is 6.55 Å². The largest absolute Gasteiger partial charge is 0.392 e. The van der Waals surface area contributed by atoms with E-state index in [1.807, 2.05) is 35.0 Å². The van der Waals surface area contributed by atoms with Crippen LogP contribution in [0.2, 0.25) is 0 Å². The number of nitrogens with zero attached hydrogens (tertiary/aromatic N) is 3. The van der Waals surface area contributed by atoms with Crippen LogP contribution < -0.4 is 0 Å². The monoisotopic (exact) mass is 277 g/mol. The Hall–Kier alpha value is -2.21. The summed E-state index contributed by atoms with van der Waals surface area (Å²) >= 11 is 0. The number of aromatic nitrogens is 3. The lowest BCUT2D eigenvalue weighted by atomic mass is 10.1. The van der Waals surface area contributed by atoms with Crippen molar-refractivity contribution in [2.24, 2.45) is 0 Å². The van der Waals surface area contributed by atoms with E-state index in [4.69, 9.17) is 0 Å². The molecule has 0 fully saturated rings. The first-order valence-corrected chi connectivity index (χ1v) is 6.18. The van der Waals surface area contributed by atoms with Crippen LogP contribution in [-0.4, -0.2) is 19.2 Å². The van der Waals surface area contributed by atoms with Gasteiger partial charge in [0.2, 0.25) is 0 Å². The third-order valence-electron chi connectivity index (χ3n) is 3.31. The minimum absolute atomic E-state index is 0.0926. The molecule has 0 saturated heterocycles. The summed E-state index contributed by atoms with van der Waals surface area (Å²) in [5.41, 5.74) is 1.61. The maximum absolute atomic E-state index is 12.8. The number of rotatable bonds is 4. The predicted octanol–water partition coefficient (Wildman–Crippen LogP) is 2.77. The van der Waals surface area contributed by atoms with Crippen LogP contribution in [-0.2, 0) is 13.2 Å². The molecule has 4 nitrogen and oxygen atoms in total. The first-order chi connectivity index (χ1) is 9.70. The topological polar surface area (TPSA) is 43.0 Å². The number of halogens is 2. The van der Waals surface area contributed by atoms with Crippen molar-refractivity contribution in [3.63, 3.8) is 0 Å². The molecule has 0 amide bonds. The second kappa shape index (κ2) is 5.05. The van der Waals surface area contributed by atoms with Gasteiger partial charge in [-0.25, -0.2) is 4.98 Å². The van der Waals surface area contributed by atoms with Crippen LogP contribution in [0.4, 0.5) is 8.78 Å². The normalized spacial score (nSPS) is 11.6. The van der Waals surface area contributed by atoms with E-state index in [0.29, 0.717) is 0 Å². The van der Waals surface area contributed by atoms with Crippen molar-refractivity contribution in [1.82, 2.24) is 14.1 Å². The predicted molar refractivity (Wildman–Crippen MR) is 70.4 cm³/mol. The Labute approximate surface area is 113 Å². The highest BCUT2D eigenvalue weighted by molar-refractivity contribution is 5.83. The maximum atomic E-state index is 12.8. The molecule has 2 aromatic heterocycles. The fourth-order valence-corrected chi connectivity index (χ4v) is 2.40. The van der Waals surface area contributed by atoms with Gasteiger partial charge in [0, 0.05) is 24.2 Å². The average molecular weight is 277 g/mol. The highest BCUT2D eigenvalue weighted by Crippen LogP contribution is 2.22. The van der Waals surface area contributed by atoms with Gasteiger partial charge < -0.3 is 9.67 Å². The summed E-state index contributed by atoms with van der Waals surface area (Å²) < 4.78 is 28.3.